The summed E-state index contributed by atoms with van der Waals surface area (Å²) in [6.45, 7) is 3.39. The Morgan fingerprint density at radius 2 is 2.53 bits per heavy atom. The fourth-order valence-corrected chi connectivity index (χ4v) is 2.03. The van der Waals surface area contributed by atoms with Crippen molar-refractivity contribution in [3.63, 3.8) is 0 Å². The van der Waals surface area contributed by atoms with Crippen LogP contribution in [0.1, 0.15) is 38.1 Å². The molecule has 5 heteroatoms. The Morgan fingerprint density at radius 1 is 1.67 bits per heavy atom. The van der Waals surface area contributed by atoms with Crippen molar-refractivity contribution in [3.05, 3.63) is 12.2 Å². The van der Waals surface area contributed by atoms with Gasteiger partial charge in [-0.25, -0.2) is 0 Å². The molecular formula is C10H18N4O. The van der Waals surface area contributed by atoms with Crippen LogP contribution in [0.5, 0.6) is 0 Å². The topological polar surface area (TPSA) is 63.0 Å². The van der Waals surface area contributed by atoms with Gasteiger partial charge in [-0.15, -0.1) is 10.2 Å². The van der Waals surface area contributed by atoms with E-state index in [1.165, 1.54) is 12.8 Å². The second-order valence-electron chi connectivity index (χ2n) is 4.19. The van der Waals surface area contributed by atoms with Crippen molar-refractivity contribution >= 4 is 0 Å². The Hall–Kier alpha value is -0.940. The first kappa shape index (κ1) is 10.6. The number of rotatable bonds is 3. The Morgan fingerprint density at radius 3 is 3.20 bits per heavy atom. The van der Waals surface area contributed by atoms with Gasteiger partial charge >= 0.3 is 0 Å². The summed E-state index contributed by atoms with van der Waals surface area (Å²) in [5, 5.41) is 20.8. The van der Waals surface area contributed by atoms with Gasteiger partial charge in [0.1, 0.15) is 12.2 Å². The molecule has 5 nitrogen and oxygen atoms in total. The van der Waals surface area contributed by atoms with Gasteiger partial charge in [0.05, 0.1) is 18.7 Å². The summed E-state index contributed by atoms with van der Waals surface area (Å²) >= 11 is 0. The molecule has 2 rings (SSSR count). The molecule has 1 saturated heterocycles. The summed E-state index contributed by atoms with van der Waals surface area (Å²) in [7, 11) is 0. The first-order valence-electron chi connectivity index (χ1n) is 5.56. The first-order chi connectivity index (χ1) is 7.27. The molecule has 2 unspecified atom stereocenters. The predicted octanol–water partition coefficient (Wildman–Crippen LogP) is 0.474. The maximum absolute atomic E-state index is 9.35. The highest BCUT2D eigenvalue weighted by molar-refractivity contribution is 4.96. The average molecular weight is 210 g/mol. The third kappa shape index (κ3) is 2.54. The number of aromatic nitrogens is 3. The molecule has 15 heavy (non-hydrogen) atoms. The van der Waals surface area contributed by atoms with Crippen molar-refractivity contribution in [1.82, 2.24) is 20.1 Å². The van der Waals surface area contributed by atoms with Gasteiger partial charge < -0.3 is 15.0 Å². The smallest absolute Gasteiger partial charge is 0.150 e. The number of hydrogen-bond donors (Lipinski definition) is 2. The summed E-state index contributed by atoms with van der Waals surface area (Å²) in [5.74, 6) is 0.954. The van der Waals surface area contributed by atoms with Gasteiger partial charge in [0.2, 0.25) is 0 Å². The quantitative estimate of drug-likeness (QED) is 0.761. The predicted molar refractivity (Wildman–Crippen MR) is 56.3 cm³/mol. The molecule has 1 aromatic rings. The van der Waals surface area contributed by atoms with Gasteiger partial charge in [0, 0.05) is 0 Å². The minimum absolute atomic E-state index is 0.306. The lowest BCUT2D eigenvalue weighted by atomic mass is 10.0. The van der Waals surface area contributed by atoms with Gasteiger partial charge in [-0.1, -0.05) is 6.42 Å². The van der Waals surface area contributed by atoms with Crippen molar-refractivity contribution in [2.75, 3.05) is 6.54 Å². The molecule has 0 aliphatic carbocycles. The van der Waals surface area contributed by atoms with Gasteiger partial charge in [-0.2, -0.15) is 0 Å². The van der Waals surface area contributed by atoms with Crippen LogP contribution in [-0.4, -0.2) is 32.5 Å². The summed E-state index contributed by atoms with van der Waals surface area (Å²) in [6, 6.07) is 0.306. The molecule has 1 aliphatic heterocycles. The number of piperidine rings is 1. The summed E-state index contributed by atoms with van der Waals surface area (Å²) in [4.78, 5) is 0. The van der Waals surface area contributed by atoms with E-state index in [2.05, 4.69) is 15.5 Å². The number of aliphatic hydroxyl groups excluding tert-OH is 1. The van der Waals surface area contributed by atoms with Crippen LogP contribution in [0, 0.1) is 0 Å². The lowest BCUT2D eigenvalue weighted by Crippen LogP contribution is -2.30. The molecular weight excluding hydrogens is 192 g/mol. The highest BCUT2D eigenvalue weighted by Gasteiger charge is 2.20. The minimum atomic E-state index is -0.358. The van der Waals surface area contributed by atoms with Crippen LogP contribution in [0.4, 0.5) is 0 Å². The normalized spacial score (nSPS) is 24.0. The van der Waals surface area contributed by atoms with E-state index in [4.69, 9.17) is 0 Å². The fraction of sp³-hybridized carbons (Fsp3) is 0.800. The fourth-order valence-electron chi connectivity index (χ4n) is 2.03. The summed E-state index contributed by atoms with van der Waals surface area (Å²) < 4.78 is 1.94. The van der Waals surface area contributed by atoms with E-state index in [1.807, 2.05) is 4.57 Å². The second kappa shape index (κ2) is 4.72. The molecule has 0 aromatic carbocycles. The molecule has 0 spiro atoms. The molecule has 0 saturated carbocycles. The van der Waals surface area contributed by atoms with E-state index in [0.29, 0.717) is 12.6 Å². The molecule has 2 heterocycles. The molecule has 84 valence electrons. The van der Waals surface area contributed by atoms with Crippen LogP contribution in [0.25, 0.3) is 0 Å². The molecule has 2 atom stereocenters. The zero-order valence-electron chi connectivity index (χ0n) is 9.06. The Labute approximate surface area is 89.5 Å². The zero-order chi connectivity index (χ0) is 10.7. The van der Waals surface area contributed by atoms with Crippen LogP contribution in [0.2, 0.25) is 0 Å². The summed E-state index contributed by atoms with van der Waals surface area (Å²) in [5.41, 5.74) is 0. The van der Waals surface area contributed by atoms with Crippen LogP contribution in [-0.2, 0) is 6.54 Å². The zero-order valence-corrected chi connectivity index (χ0v) is 9.06. The Kier molecular flexibility index (Phi) is 3.33. The van der Waals surface area contributed by atoms with E-state index >= 15 is 0 Å². The number of hydrogen-bond acceptors (Lipinski definition) is 4. The highest BCUT2D eigenvalue weighted by Crippen LogP contribution is 2.20. The van der Waals surface area contributed by atoms with E-state index in [0.717, 1.165) is 18.8 Å². The van der Waals surface area contributed by atoms with Crippen molar-refractivity contribution in [1.29, 1.82) is 0 Å². The second-order valence-corrected chi connectivity index (χ2v) is 4.19. The highest BCUT2D eigenvalue weighted by atomic mass is 16.3. The van der Waals surface area contributed by atoms with Crippen molar-refractivity contribution in [3.8, 4) is 0 Å². The molecule has 0 radical (unpaired) electrons. The number of aliphatic hydroxyl groups is 1. The van der Waals surface area contributed by atoms with Crippen LogP contribution < -0.4 is 5.32 Å². The van der Waals surface area contributed by atoms with Gasteiger partial charge in [0.15, 0.2) is 0 Å². The standard InChI is InChI=1S/C10H18N4O/c1-8(15)6-14-7-12-13-10(14)9-4-2-3-5-11-9/h7-9,11,15H,2-6H2,1H3. The lowest BCUT2D eigenvalue weighted by Gasteiger charge is -2.23. The van der Waals surface area contributed by atoms with Crippen LogP contribution in [0.3, 0.4) is 0 Å². The number of nitrogens with one attached hydrogen (secondary N) is 1. The molecule has 1 aliphatic rings. The van der Waals surface area contributed by atoms with E-state index in [1.54, 1.807) is 13.3 Å². The molecule has 1 aromatic heterocycles. The minimum Gasteiger partial charge on any atom is -0.392 e. The number of nitrogens with zero attached hydrogens (tertiary/aromatic N) is 3. The van der Waals surface area contributed by atoms with Crippen LogP contribution in [0.15, 0.2) is 6.33 Å². The Balaban J connectivity index is 2.09. The largest absolute Gasteiger partial charge is 0.392 e. The van der Waals surface area contributed by atoms with Crippen molar-refractivity contribution < 1.29 is 5.11 Å². The van der Waals surface area contributed by atoms with Crippen molar-refractivity contribution in [2.24, 2.45) is 0 Å². The maximum Gasteiger partial charge on any atom is 0.150 e. The molecule has 0 amide bonds. The Bertz CT molecular complexity index is 304. The van der Waals surface area contributed by atoms with E-state index in [9.17, 15) is 5.11 Å². The van der Waals surface area contributed by atoms with E-state index in [-0.39, 0.29) is 6.10 Å². The third-order valence-corrected chi connectivity index (χ3v) is 2.73. The van der Waals surface area contributed by atoms with Gasteiger partial charge in [-0.3, -0.25) is 0 Å². The monoisotopic (exact) mass is 210 g/mol. The third-order valence-electron chi connectivity index (χ3n) is 2.73. The van der Waals surface area contributed by atoms with Crippen LogP contribution >= 0.6 is 0 Å². The molecule has 0 bridgehead atoms. The summed E-state index contributed by atoms with van der Waals surface area (Å²) in [6.07, 6.45) is 4.92. The van der Waals surface area contributed by atoms with E-state index < -0.39 is 0 Å². The van der Waals surface area contributed by atoms with Gasteiger partial charge in [0.25, 0.3) is 0 Å². The lowest BCUT2D eigenvalue weighted by molar-refractivity contribution is 0.170. The molecule has 2 N–H and O–H groups in total. The molecule has 1 fully saturated rings. The first-order valence-corrected chi connectivity index (χ1v) is 5.56. The SMILES string of the molecule is CC(O)Cn1cnnc1C1CCCCN1. The average Bonchev–Trinajstić information content (AvgIpc) is 2.66. The maximum atomic E-state index is 9.35. The van der Waals surface area contributed by atoms with Crippen molar-refractivity contribution in [2.45, 2.75) is 44.9 Å². The van der Waals surface area contributed by atoms with Gasteiger partial charge in [-0.05, 0) is 26.3 Å².